The summed E-state index contributed by atoms with van der Waals surface area (Å²) in [5.41, 5.74) is 5.96. The van der Waals surface area contributed by atoms with Crippen LogP contribution in [0, 0.1) is 5.82 Å². The topological polar surface area (TPSA) is 90.5 Å². The van der Waals surface area contributed by atoms with Crippen LogP contribution in [0.15, 0.2) is 79.3 Å². The molecule has 6 rings (SSSR count). The van der Waals surface area contributed by atoms with E-state index in [1.54, 1.807) is 30.6 Å². The first-order valence-electron chi connectivity index (χ1n) is 10.0. The van der Waals surface area contributed by atoms with Gasteiger partial charge in [0.15, 0.2) is 0 Å². The fourth-order valence-corrected chi connectivity index (χ4v) is 4.05. The molecule has 4 aromatic heterocycles. The summed E-state index contributed by atoms with van der Waals surface area (Å²) in [7, 11) is 0. The summed E-state index contributed by atoms with van der Waals surface area (Å²) in [6, 6.07) is 18.1. The Labute approximate surface area is 181 Å². The maximum atomic E-state index is 14.5. The van der Waals surface area contributed by atoms with E-state index < -0.39 is 0 Å². The van der Waals surface area contributed by atoms with Crippen LogP contribution >= 0.6 is 0 Å². The van der Waals surface area contributed by atoms with Gasteiger partial charge in [-0.25, -0.2) is 4.39 Å². The highest BCUT2D eigenvalue weighted by molar-refractivity contribution is 6.01. The molecule has 0 aliphatic heterocycles. The largest absolute Gasteiger partial charge is 0.506 e. The molecule has 0 atom stereocenters. The fraction of sp³-hybridized carbons (Fsp3) is 0. The molecule has 3 N–H and O–H groups in total. The summed E-state index contributed by atoms with van der Waals surface area (Å²) >= 11 is 0. The normalized spacial score (nSPS) is 11.4. The average molecular weight is 421 g/mol. The molecule has 0 saturated carbocycles. The number of benzene rings is 2. The van der Waals surface area contributed by atoms with Crippen molar-refractivity contribution < 1.29 is 9.50 Å². The van der Waals surface area contributed by atoms with Crippen LogP contribution in [0.5, 0.6) is 5.75 Å². The summed E-state index contributed by atoms with van der Waals surface area (Å²) in [5.74, 6) is -0.184. The summed E-state index contributed by atoms with van der Waals surface area (Å²) in [5, 5.41) is 19.1. The summed E-state index contributed by atoms with van der Waals surface area (Å²) in [6.45, 7) is 0. The lowest BCUT2D eigenvalue weighted by Gasteiger charge is -2.04. The van der Waals surface area contributed by atoms with Gasteiger partial charge in [-0.15, -0.1) is 0 Å². The van der Waals surface area contributed by atoms with Crippen molar-refractivity contribution in [1.82, 2.24) is 25.1 Å². The van der Waals surface area contributed by atoms with Gasteiger partial charge in [-0.3, -0.25) is 15.1 Å². The Morgan fingerprint density at radius 3 is 2.56 bits per heavy atom. The number of fused-ring (bicyclic) bond motifs is 2. The van der Waals surface area contributed by atoms with Crippen LogP contribution in [0.1, 0.15) is 0 Å². The van der Waals surface area contributed by atoms with E-state index in [4.69, 9.17) is 0 Å². The molecule has 6 aromatic rings. The van der Waals surface area contributed by atoms with Gasteiger partial charge >= 0.3 is 0 Å². The van der Waals surface area contributed by atoms with Gasteiger partial charge in [0.25, 0.3) is 0 Å². The second-order valence-electron chi connectivity index (χ2n) is 7.55. The molecule has 0 spiro atoms. The third kappa shape index (κ3) is 2.91. The molecule has 0 amide bonds. The number of nitrogens with one attached hydrogen (secondary N) is 2. The molecule has 0 aliphatic carbocycles. The van der Waals surface area contributed by atoms with Gasteiger partial charge in [0, 0.05) is 33.6 Å². The van der Waals surface area contributed by atoms with E-state index >= 15 is 0 Å². The third-order valence-electron chi connectivity index (χ3n) is 5.55. The fourth-order valence-electron chi connectivity index (χ4n) is 4.05. The number of pyridine rings is 2. The van der Waals surface area contributed by atoms with E-state index in [-0.39, 0.29) is 11.6 Å². The van der Waals surface area contributed by atoms with E-state index in [2.05, 4.69) is 25.1 Å². The second kappa shape index (κ2) is 7.02. The van der Waals surface area contributed by atoms with E-state index in [1.165, 1.54) is 12.3 Å². The smallest absolute Gasteiger partial charge is 0.134 e. The number of aromatic amines is 2. The Bertz CT molecular complexity index is 1620. The first-order chi connectivity index (χ1) is 15.7. The number of aromatic hydroxyl groups is 1. The van der Waals surface area contributed by atoms with E-state index in [0.29, 0.717) is 16.8 Å². The molecule has 0 radical (unpaired) electrons. The zero-order valence-electron chi connectivity index (χ0n) is 16.7. The Morgan fingerprint density at radius 1 is 0.812 bits per heavy atom. The zero-order chi connectivity index (χ0) is 21.7. The van der Waals surface area contributed by atoms with Gasteiger partial charge in [0.05, 0.1) is 29.3 Å². The number of hydrogen-bond donors (Lipinski definition) is 3. The van der Waals surface area contributed by atoms with Gasteiger partial charge in [-0.2, -0.15) is 5.10 Å². The Morgan fingerprint density at radius 2 is 1.69 bits per heavy atom. The number of nitrogens with zero attached hydrogens (tertiary/aromatic N) is 3. The first kappa shape index (κ1) is 18.3. The highest BCUT2D eigenvalue weighted by Crippen LogP contribution is 2.35. The molecule has 6 nitrogen and oxygen atoms in total. The molecule has 0 unspecified atom stereocenters. The summed E-state index contributed by atoms with van der Waals surface area (Å²) < 4.78 is 14.5. The Balaban J connectivity index is 1.52. The molecule has 154 valence electrons. The van der Waals surface area contributed by atoms with Crippen molar-refractivity contribution in [2.24, 2.45) is 0 Å². The first-order valence-corrected chi connectivity index (χ1v) is 10.0. The second-order valence-corrected chi connectivity index (χ2v) is 7.55. The number of aromatic nitrogens is 5. The predicted octanol–water partition coefficient (Wildman–Crippen LogP) is 5.68. The van der Waals surface area contributed by atoms with Crippen molar-refractivity contribution in [2.45, 2.75) is 0 Å². The Hall–Kier alpha value is -4.52. The van der Waals surface area contributed by atoms with Crippen LogP contribution in [-0.2, 0) is 0 Å². The van der Waals surface area contributed by atoms with Gasteiger partial charge in [-0.1, -0.05) is 30.3 Å². The van der Waals surface area contributed by atoms with Crippen molar-refractivity contribution in [3.05, 3.63) is 85.1 Å². The average Bonchev–Trinajstić information content (AvgIpc) is 3.43. The number of halogens is 1. The number of hydrogen-bond acceptors (Lipinski definition) is 4. The van der Waals surface area contributed by atoms with Crippen LogP contribution in [0.4, 0.5) is 4.39 Å². The van der Waals surface area contributed by atoms with Crippen molar-refractivity contribution in [3.63, 3.8) is 0 Å². The van der Waals surface area contributed by atoms with E-state index in [0.717, 1.165) is 38.8 Å². The Kier molecular flexibility index (Phi) is 4.01. The van der Waals surface area contributed by atoms with Gasteiger partial charge in [0.1, 0.15) is 17.3 Å². The monoisotopic (exact) mass is 421 g/mol. The maximum Gasteiger partial charge on any atom is 0.134 e. The number of rotatable bonds is 3. The molecular formula is C25H16FN5O. The summed E-state index contributed by atoms with van der Waals surface area (Å²) in [4.78, 5) is 11.9. The molecule has 0 aliphatic rings. The van der Waals surface area contributed by atoms with Crippen LogP contribution in [0.25, 0.3) is 55.6 Å². The molecule has 32 heavy (non-hydrogen) atoms. The van der Waals surface area contributed by atoms with E-state index in [1.807, 2.05) is 36.4 Å². The van der Waals surface area contributed by atoms with Crippen molar-refractivity contribution in [2.75, 3.05) is 0 Å². The van der Waals surface area contributed by atoms with Gasteiger partial charge in [-0.05, 0) is 35.9 Å². The minimum Gasteiger partial charge on any atom is -0.506 e. The lowest BCUT2D eigenvalue weighted by molar-refractivity contribution is 0.473. The van der Waals surface area contributed by atoms with Crippen LogP contribution < -0.4 is 0 Å². The van der Waals surface area contributed by atoms with E-state index in [9.17, 15) is 9.50 Å². The standard InChI is InChI=1S/C25H16FN5O/c26-20-6-2-1-4-17(20)16-5-3-7-21-18(16)9-23(29-21)25-19-10-22(28-13-24(19)30-31-25)14-8-15(32)12-27-11-14/h1-13,29,32H,(H,30,31). The van der Waals surface area contributed by atoms with Crippen LogP contribution in [-0.4, -0.2) is 30.3 Å². The highest BCUT2D eigenvalue weighted by Gasteiger charge is 2.16. The molecule has 0 fully saturated rings. The van der Waals surface area contributed by atoms with Crippen LogP contribution in [0.3, 0.4) is 0 Å². The van der Waals surface area contributed by atoms with Crippen LogP contribution in [0.2, 0.25) is 0 Å². The maximum absolute atomic E-state index is 14.5. The zero-order valence-corrected chi connectivity index (χ0v) is 16.7. The molecule has 0 saturated heterocycles. The predicted molar refractivity (Wildman–Crippen MR) is 121 cm³/mol. The quantitative estimate of drug-likeness (QED) is 0.343. The van der Waals surface area contributed by atoms with Crippen molar-refractivity contribution in [3.8, 4) is 39.5 Å². The minimum atomic E-state index is -0.261. The number of H-pyrrole nitrogens is 2. The molecule has 2 aromatic carbocycles. The molecule has 7 heteroatoms. The van der Waals surface area contributed by atoms with Gasteiger partial charge < -0.3 is 10.1 Å². The lowest BCUT2D eigenvalue weighted by atomic mass is 10.0. The molecule has 4 heterocycles. The minimum absolute atomic E-state index is 0.0769. The summed E-state index contributed by atoms with van der Waals surface area (Å²) in [6.07, 6.45) is 4.73. The lowest BCUT2D eigenvalue weighted by Crippen LogP contribution is -1.85. The SMILES string of the molecule is Oc1cncc(-c2cc3c(-c4cc5c(-c6ccccc6F)cccc5[nH]4)n[nH]c3cn2)c1. The molecular weight excluding hydrogens is 405 g/mol. The highest BCUT2D eigenvalue weighted by atomic mass is 19.1. The third-order valence-corrected chi connectivity index (χ3v) is 5.55. The van der Waals surface area contributed by atoms with Crippen molar-refractivity contribution in [1.29, 1.82) is 0 Å². The van der Waals surface area contributed by atoms with Crippen molar-refractivity contribution >= 4 is 21.8 Å². The molecule has 0 bridgehead atoms. The van der Waals surface area contributed by atoms with Gasteiger partial charge in [0.2, 0.25) is 0 Å².